The molecular weight excluding hydrogens is 108 g/mol. The van der Waals surface area contributed by atoms with Gasteiger partial charge in [0.2, 0.25) is 0 Å². The molecule has 9 heavy (non-hydrogen) atoms. The maximum Gasteiger partial charge on any atom is -0.0383 e. The van der Waals surface area contributed by atoms with E-state index in [4.69, 9.17) is 0 Å². The highest BCUT2D eigenvalue weighted by Gasteiger charge is 2.42. The molecule has 0 heteroatoms. The van der Waals surface area contributed by atoms with Gasteiger partial charge in [0.1, 0.15) is 0 Å². The fourth-order valence-electron chi connectivity index (χ4n) is 2.87. The minimum atomic E-state index is 1.05. The highest BCUT2D eigenvalue weighted by Crippen LogP contribution is 2.51. The minimum Gasteiger partial charge on any atom is -0.0620 e. The standard InChI is InChI=1S/C9H16/c1-6-7(2)9-4-3-8(6)5-9/h6-9H,3-5H2,1-2H3/t6-,7?,8-,9+/m0/s1. The first kappa shape index (κ1) is 5.76. The Morgan fingerprint density at radius 2 is 1.33 bits per heavy atom. The third-order valence-electron chi connectivity index (χ3n) is 3.83. The van der Waals surface area contributed by atoms with E-state index in [2.05, 4.69) is 13.8 Å². The van der Waals surface area contributed by atoms with E-state index >= 15 is 0 Å². The van der Waals surface area contributed by atoms with Gasteiger partial charge in [0.05, 0.1) is 0 Å². The van der Waals surface area contributed by atoms with Gasteiger partial charge in [-0.25, -0.2) is 0 Å². The molecule has 0 aromatic carbocycles. The first-order valence-electron chi connectivity index (χ1n) is 4.29. The van der Waals surface area contributed by atoms with E-state index in [1.165, 1.54) is 12.8 Å². The van der Waals surface area contributed by atoms with Crippen LogP contribution in [0.2, 0.25) is 0 Å². The van der Waals surface area contributed by atoms with Crippen LogP contribution in [0.15, 0.2) is 0 Å². The molecule has 2 rings (SSSR count). The Balaban J connectivity index is 2.15. The lowest BCUT2D eigenvalue weighted by Crippen LogP contribution is -2.15. The maximum absolute atomic E-state index is 2.44. The van der Waals surface area contributed by atoms with Crippen LogP contribution in [-0.2, 0) is 0 Å². The van der Waals surface area contributed by atoms with Crippen molar-refractivity contribution in [1.29, 1.82) is 0 Å². The largest absolute Gasteiger partial charge is 0.0620 e. The Hall–Kier alpha value is 0. The van der Waals surface area contributed by atoms with Gasteiger partial charge in [-0.1, -0.05) is 13.8 Å². The SMILES string of the molecule is CC1[C@@H]2CC[C@@H](C2)[C@H]1C. The van der Waals surface area contributed by atoms with Gasteiger partial charge in [-0.15, -0.1) is 0 Å². The van der Waals surface area contributed by atoms with E-state index in [1.807, 2.05) is 0 Å². The number of hydrogen-bond donors (Lipinski definition) is 0. The molecule has 0 amide bonds. The van der Waals surface area contributed by atoms with Crippen molar-refractivity contribution in [3.05, 3.63) is 0 Å². The molecule has 1 unspecified atom stereocenters. The summed E-state index contributed by atoms with van der Waals surface area (Å²) in [5, 5.41) is 0. The summed E-state index contributed by atoms with van der Waals surface area (Å²) in [5.41, 5.74) is 0. The Labute approximate surface area is 57.6 Å². The Kier molecular flexibility index (Phi) is 1.12. The van der Waals surface area contributed by atoms with Crippen LogP contribution in [0.4, 0.5) is 0 Å². The van der Waals surface area contributed by atoms with E-state index in [0.29, 0.717) is 0 Å². The van der Waals surface area contributed by atoms with Crippen molar-refractivity contribution < 1.29 is 0 Å². The van der Waals surface area contributed by atoms with Crippen molar-refractivity contribution in [3.8, 4) is 0 Å². The van der Waals surface area contributed by atoms with Crippen molar-refractivity contribution in [2.45, 2.75) is 33.1 Å². The molecule has 2 saturated carbocycles. The molecule has 0 saturated heterocycles. The van der Waals surface area contributed by atoms with E-state index in [1.54, 1.807) is 6.42 Å². The molecule has 0 radical (unpaired) electrons. The lowest BCUT2D eigenvalue weighted by molar-refractivity contribution is 0.259. The zero-order valence-electron chi connectivity index (χ0n) is 6.43. The summed E-state index contributed by atoms with van der Waals surface area (Å²) in [4.78, 5) is 0. The van der Waals surface area contributed by atoms with Gasteiger partial charge in [-0.05, 0) is 42.9 Å². The molecule has 52 valence electrons. The molecule has 4 atom stereocenters. The smallest absolute Gasteiger partial charge is 0.0383 e. The average molecular weight is 124 g/mol. The Morgan fingerprint density at radius 1 is 0.889 bits per heavy atom. The average Bonchev–Trinajstić information content (AvgIpc) is 2.37. The van der Waals surface area contributed by atoms with Crippen molar-refractivity contribution in [2.24, 2.45) is 23.7 Å². The van der Waals surface area contributed by atoms with Crippen molar-refractivity contribution in [1.82, 2.24) is 0 Å². The van der Waals surface area contributed by atoms with Crippen LogP contribution < -0.4 is 0 Å². The molecule has 0 N–H and O–H groups in total. The van der Waals surface area contributed by atoms with Gasteiger partial charge >= 0.3 is 0 Å². The summed E-state index contributed by atoms with van der Waals surface area (Å²) in [6, 6.07) is 0. The summed E-state index contributed by atoms with van der Waals surface area (Å²) in [6.45, 7) is 4.88. The van der Waals surface area contributed by atoms with Crippen LogP contribution >= 0.6 is 0 Å². The molecule has 2 aliphatic rings. The summed E-state index contributed by atoms with van der Waals surface area (Å²) < 4.78 is 0. The van der Waals surface area contributed by atoms with E-state index in [-0.39, 0.29) is 0 Å². The molecule has 0 aromatic rings. The van der Waals surface area contributed by atoms with Gasteiger partial charge in [-0.3, -0.25) is 0 Å². The molecule has 0 aliphatic heterocycles. The van der Waals surface area contributed by atoms with Gasteiger partial charge < -0.3 is 0 Å². The number of hydrogen-bond acceptors (Lipinski definition) is 0. The Morgan fingerprint density at radius 3 is 1.56 bits per heavy atom. The van der Waals surface area contributed by atoms with E-state index < -0.39 is 0 Å². The lowest BCUT2D eigenvalue weighted by Gasteiger charge is -2.24. The number of rotatable bonds is 0. The van der Waals surface area contributed by atoms with Crippen molar-refractivity contribution >= 4 is 0 Å². The summed E-state index contributed by atoms with van der Waals surface area (Å²) in [7, 11) is 0. The van der Waals surface area contributed by atoms with Crippen LogP contribution in [0.5, 0.6) is 0 Å². The molecule has 2 aliphatic carbocycles. The predicted octanol–water partition coefficient (Wildman–Crippen LogP) is 2.69. The lowest BCUT2D eigenvalue weighted by atomic mass is 9.82. The summed E-state index contributed by atoms with van der Waals surface area (Å²) >= 11 is 0. The van der Waals surface area contributed by atoms with Crippen LogP contribution in [0.25, 0.3) is 0 Å². The highest BCUT2D eigenvalue weighted by atomic mass is 14.5. The molecule has 0 nitrogen and oxygen atoms in total. The second-order valence-corrected chi connectivity index (χ2v) is 4.05. The van der Waals surface area contributed by atoms with Gasteiger partial charge in [0, 0.05) is 0 Å². The number of fused-ring (bicyclic) bond motifs is 2. The monoisotopic (exact) mass is 124 g/mol. The zero-order valence-corrected chi connectivity index (χ0v) is 6.43. The molecule has 0 aromatic heterocycles. The second kappa shape index (κ2) is 1.74. The highest BCUT2D eigenvalue weighted by molar-refractivity contribution is 4.92. The van der Waals surface area contributed by atoms with Crippen LogP contribution in [-0.4, -0.2) is 0 Å². The fraction of sp³-hybridized carbons (Fsp3) is 1.00. The maximum atomic E-state index is 2.44. The van der Waals surface area contributed by atoms with Gasteiger partial charge in [-0.2, -0.15) is 0 Å². The molecule has 2 fully saturated rings. The minimum absolute atomic E-state index is 1.05. The van der Waals surface area contributed by atoms with Gasteiger partial charge in [0.15, 0.2) is 0 Å². The summed E-state index contributed by atoms with van der Waals surface area (Å²) in [5.74, 6) is 4.32. The van der Waals surface area contributed by atoms with E-state index in [0.717, 1.165) is 23.7 Å². The fourth-order valence-corrected chi connectivity index (χ4v) is 2.87. The third-order valence-corrected chi connectivity index (χ3v) is 3.83. The van der Waals surface area contributed by atoms with Crippen LogP contribution in [0.1, 0.15) is 33.1 Å². The quantitative estimate of drug-likeness (QED) is 0.465. The van der Waals surface area contributed by atoms with Gasteiger partial charge in [0.25, 0.3) is 0 Å². The Bertz CT molecular complexity index is 99.2. The molecule has 0 spiro atoms. The first-order chi connectivity index (χ1) is 4.29. The van der Waals surface area contributed by atoms with Crippen molar-refractivity contribution in [2.75, 3.05) is 0 Å². The first-order valence-corrected chi connectivity index (χ1v) is 4.29. The second-order valence-electron chi connectivity index (χ2n) is 4.05. The molecule has 2 bridgehead atoms. The molecule has 0 heterocycles. The van der Waals surface area contributed by atoms with Crippen molar-refractivity contribution in [3.63, 3.8) is 0 Å². The molecular formula is C9H16. The predicted molar refractivity (Wildman–Crippen MR) is 39.2 cm³/mol. The van der Waals surface area contributed by atoms with E-state index in [9.17, 15) is 0 Å². The topological polar surface area (TPSA) is 0 Å². The zero-order chi connectivity index (χ0) is 6.43. The van der Waals surface area contributed by atoms with Crippen LogP contribution in [0, 0.1) is 23.7 Å². The summed E-state index contributed by atoms with van der Waals surface area (Å²) in [6.07, 6.45) is 4.63. The third kappa shape index (κ3) is 0.653. The van der Waals surface area contributed by atoms with Crippen LogP contribution in [0.3, 0.4) is 0 Å². The normalized spacial score (nSPS) is 56.7.